The Morgan fingerprint density at radius 3 is 2.09 bits per heavy atom. The van der Waals surface area contributed by atoms with E-state index >= 15 is 0 Å². The zero-order valence-electron chi connectivity index (χ0n) is 5.76. The van der Waals surface area contributed by atoms with E-state index in [0.717, 1.165) is 0 Å². The van der Waals surface area contributed by atoms with Crippen LogP contribution in [-0.2, 0) is 0 Å². The van der Waals surface area contributed by atoms with Gasteiger partial charge in [-0.2, -0.15) is 0 Å². The first-order valence-corrected chi connectivity index (χ1v) is 3.48. The van der Waals surface area contributed by atoms with Crippen LogP contribution in [0.2, 0.25) is 0 Å². The fraction of sp³-hybridized carbons (Fsp3) is 0. The summed E-state index contributed by atoms with van der Waals surface area (Å²) in [5, 5.41) is 14.1. The third-order valence-corrected chi connectivity index (χ3v) is 1.47. The van der Waals surface area contributed by atoms with E-state index in [1.54, 1.807) is 12.1 Å². The van der Waals surface area contributed by atoms with Crippen LogP contribution in [0.4, 0.5) is 0 Å². The molecule has 0 amide bonds. The fourth-order valence-corrected chi connectivity index (χ4v) is 0.841. The second kappa shape index (κ2) is 3.30. The van der Waals surface area contributed by atoms with E-state index in [4.69, 9.17) is 22.4 Å². The van der Waals surface area contributed by atoms with Gasteiger partial charge < -0.3 is 0 Å². The lowest BCUT2D eigenvalue weighted by molar-refractivity contribution is 1.48. The molecule has 56 valence electrons. The Morgan fingerprint density at radius 2 is 1.64 bits per heavy atom. The van der Waals surface area contributed by atoms with Gasteiger partial charge in [-0.3, -0.25) is 10.8 Å². The highest BCUT2D eigenvalue weighted by molar-refractivity contribution is 6.84. The van der Waals surface area contributed by atoms with Crippen LogP contribution in [0.3, 0.4) is 0 Å². The molecule has 0 radical (unpaired) electrons. The topological polar surface area (TPSA) is 47.7 Å². The lowest BCUT2D eigenvalue weighted by Gasteiger charge is -1.97. The van der Waals surface area contributed by atoms with Crippen LogP contribution in [0, 0.1) is 10.8 Å². The molecule has 1 rings (SSSR count). The van der Waals surface area contributed by atoms with Crippen molar-refractivity contribution >= 4 is 22.5 Å². The summed E-state index contributed by atoms with van der Waals surface area (Å²) in [6.07, 6.45) is 0. The normalized spacial score (nSPS) is 9.18. The number of halogens is 1. The lowest BCUT2D eigenvalue weighted by atomic mass is 10.1. The first kappa shape index (κ1) is 7.95. The number of benzene rings is 1. The molecule has 0 aliphatic carbocycles. The molecule has 0 saturated heterocycles. The second-order valence-electron chi connectivity index (χ2n) is 2.06. The van der Waals surface area contributed by atoms with Gasteiger partial charge in [0.1, 0.15) is 5.17 Å². The Bertz CT molecular complexity index is 279. The van der Waals surface area contributed by atoms with E-state index in [9.17, 15) is 0 Å². The molecule has 1 aromatic carbocycles. The molecule has 1 aromatic rings. The minimum absolute atomic E-state index is 0.0623. The second-order valence-corrected chi connectivity index (χ2v) is 2.43. The van der Waals surface area contributed by atoms with Gasteiger partial charge >= 0.3 is 0 Å². The van der Waals surface area contributed by atoms with Gasteiger partial charge in [0, 0.05) is 5.56 Å². The zero-order chi connectivity index (χ0) is 8.27. The molecule has 0 spiro atoms. The number of nitrogens with one attached hydrogen (secondary N) is 2. The van der Waals surface area contributed by atoms with Crippen molar-refractivity contribution in [2.24, 2.45) is 0 Å². The largest absolute Gasteiger partial charge is 0.297 e. The summed E-state index contributed by atoms with van der Waals surface area (Å²) in [6, 6.07) is 8.97. The van der Waals surface area contributed by atoms with Gasteiger partial charge in [-0.05, 0) is 0 Å². The Labute approximate surface area is 69.8 Å². The first-order valence-electron chi connectivity index (χ1n) is 3.10. The predicted octanol–water partition coefficient (Wildman–Crippen LogP) is 2.27. The molecule has 3 heteroatoms. The maximum absolute atomic E-state index is 7.33. The van der Waals surface area contributed by atoms with E-state index in [1.807, 2.05) is 18.2 Å². The minimum Gasteiger partial charge on any atom is -0.297 e. The minimum atomic E-state index is -0.226. The fourth-order valence-electron chi connectivity index (χ4n) is 0.732. The Morgan fingerprint density at radius 1 is 1.09 bits per heavy atom. The van der Waals surface area contributed by atoms with Gasteiger partial charge in [0.05, 0.1) is 5.71 Å². The highest BCUT2D eigenvalue weighted by Gasteiger charge is 2.02. The monoisotopic (exact) mass is 166 g/mol. The van der Waals surface area contributed by atoms with Gasteiger partial charge in [0.25, 0.3) is 0 Å². The summed E-state index contributed by atoms with van der Waals surface area (Å²) in [5.74, 6) is 0. The van der Waals surface area contributed by atoms with Crippen molar-refractivity contribution < 1.29 is 0 Å². The average molecular weight is 167 g/mol. The van der Waals surface area contributed by atoms with Crippen LogP contribution in [0.1, 0.15) is 5.56 Å². The molecule has 0 atom stereocenters. The SMILES string of the molecule is N=C(Cl)C(=N)c1ccccc1. The van der Waals surface area contributed by atoms with Crippen molar-refractivity contribution in [1.29, 1.82) is 10.8 Å². The van der Waals surface area contributed by atoms with Crippen LogP contribution in [0.5, 0.6) is 0 Å². The Balaban J connectivity index is 2.95. The van der Waals surface area contributed by atoms with Crippen LogP contribution in [0.15, 0.2) is 30.3 Å². The molecule has 0 saturated carbocycles. The van der Waals surface area contributed by atoms with Gasteiger partial charge in [-0.1, -0.05) is 41.9 Å². The van der Waals surface area contributed by atoms with Crippen LogP contribution < -0.4 is 0 Å². The van der Waals surface area contributed by atoms with Crippen molar-refractivity contribution in [3.8, 4) is 0 Å². The van der Waals surface area contributed by atoms with Crippen molar-refractivity contribution in [3.05, 3.63) is 35.9 Å². The smallest absolute Gasteiger partial charge is 0.146 e. The third-order valence-electron chi connectivity index (χ3n) is 1.28. The summed E-state index contributed by atoms with van der Waals surface area (Å²) < 4.78 is 0. The molecule has 0 bridgehead atoms. The van der Waals surface area contributed by atoms with Crippen molar-refractivity contribution in [2.45, 2.75) is 0 Å². The van der Waals surface area contributed by atoms with Gasteiger partial charge in [-0.25, -0.2) is 0 Å². The van der Waals surface area contributed by atoms with Crippen molar-refractivity contribution in [3.63, 3.8) is 0 Å². The van der Waals surface area contributed by atoms with Gasteiger partial charge in [-0.15, -0.1) is 0 Å². The van der Waals surface area contributed by atoms with E-state index in [2.05, 4.69) is 0 Å². The van der Waals surface area contributed by atoms with E-state index < -0.39 is 0 Å². The summed E-state index contributed by atoms with van der Waals surface area (Å²) >= 11 is 5.32. The van der Waals surface area contributed by atoms with Gasteiger partial charge in [0.15, 0.2) is 0 Å². The van der Waals surface area contributed by atoms with Gasteiger partial charge in [0.2, 0.25) is 0 Å². The van der Waals surface area contributed by atoms with E-state index in [0.29, 0.717) is 5.56 Å². The molecule has 0 unspecified atom stereocenters. The average Bonchev–Trinajstić information content (AvgIpc) is 2.05. The van der Waals surface area contributed by atoms with Crippen LogP contribution in [-0.4, -0.2) is 10.9 Å². The zero-order valence-corrected chi connectivity index (χ0v) is 6.52. The molecule has 0 aliphatic rings. The van der Waals surface area contributed by atoms with Crippen molar-refractivity contribution in [2.75, 3.05) is 0 Å². The molecule has 0 aliphatic heterocycles. The summed E-state index contributed by atoms with van der Waals surface area (Å²) in [4.78, 5) is 0. The number of hydrogen-bond acceptors (Lipinski definition) is 2. The number of rotatable bonds is 2. The molecular weight excluding hydrogens is 160 g/mol. The molecule has 2 N–H and O–H groups in total. The summed E-state index contributed by atoms with van der Waals surface area (Å²) in [7, 11) is 0. The predicted molar refractivity (Wildman–Crippen MR) is 46.9 cm³/mol. The van der Waals surface area contributed by atoms with E-state index in [-0.39, 0.29) is 10.9 Å². The molecular formula is C8H7ClN2. The quantitative estimate of drug-likeness (QED) is 0.634. The Kier molecular flexibility index (Phi) is 2.39. The molecule has 0 heterocycles. The van der Waals surface area contributed by atoms with Crippen LogP contribution in [0.25, 0.3) is 0 Å². The summed E-state index contributed by atoms with van der Waals surface area (Å²) in [6.45, 7) is 0. The van der Waals surface area contributed by atoms with E-state index in [1.165, 1.54) is 0 Å². The molecule has 0 fully saturated rings. The molecule has 11 heavy (non-hydrogen) atoms. The first-order chi connectivity index (χ1) is 5.22. The molecule has 2 nitrogen and oxygen atoms in total. The number of hydrogen-bond donors (Lipinski definition) is 2. The molecule has 0 aromatic heterocycles. The lowest BCUT2D eigenvalue weighted by Crippen LogP contribution is -2.05. The maximum Gasteiger partial charge on any atom is 0.146 e. The summed E-state index contributed by atoms with van der Waals surface area (Å²) in [5.41, 5.74) is 0.736. The highest BCUT2D eigenvalue weighted by atomic mass is 35.5. The van der Waals surface area contributed by atoms with Crippen LogP contribution >= 0.6 is 11.6 Å². The third kappa shape index (κ3) is 1.88. The Hall–Kier alpha value is -1.15. The standard InChI is InChI=1S/C8H7ClN2/c9-8(11)7(10)6-4-2-1-3-5-6/h1-5,10-11H. The highest BCUT2D eigenvalue weighted by Crippen LogP contribution is 2.01. The maximum atomic E-state index is 7.33. The van der Waals surface area contributed by atoms with Crippen molar-refractivity contribution in [1.82, 2.24) is 0 Å².